The van der Waals surface area contributed by atoms with E-state index >= 15 is 0 Å². The molecule has 100 valence electrons. The third-order valence-electron chi connectivity index (χ3n) is 3.18. The van der Waals surface area contributed by atoms with Gasteiger partial charge in [-0.15, -0.1) is 0 Å². The first-order valence-corrected chi connectivity index (χ1v) is 7.56. The Morgan fingerprint density at radius 3 is 2.24 bits per heavy atom. The number of sulfone groups is 1. The number of hydrogen-bond acceptors (Lipinski definition) is 5. The Hall–Kier alpha value is -0.620. The lowest BCUT2D eigenvalue weighted by Crippen LogP contribution is -2.40. The molecule has 17 heavy (non-hydrogen) atoms. The molecule has 0 aromatic carbocycles. The Balaban J connectivity index is 2.43. The molecule has 0 aromatic heterocycles. The third kappa shape index (κ3) is 3.96. The van der Waals surface area contributed by atoms with Crippen molar-refractivity contribution in [1.29, 1.82) is 0 Å². The minimum Gasteiger partial charge on any atom is -0.411 e. The molecule has 0 aliphatic carbocycles. The molecule has 6 heteroatoms. The quantitative estimate of drug-likeness (QED) is 0.611. The van der Waals surface area contributed by atoms with Crippen LogP contribution < -0.4 is 0 Å². The lowest BCUT2D eigenvalue weighted by molar-refractivity contribution is 0.274. The summed E-state index contributed by atoms with van der Waals surface area (Å²) in [6.45, 7) is 7.32. The van der Waals surface area contributed by atoms with Gasteiger partial charge in [0.1, 0.15) is 0 Å². The molecule has 0 amide bonds. The molecule has 1 heterocycles. The molecule has 1 saturated heterocycles. The fraction of sp³-hybridized carbons (Fsp3) is 0.909. The fourth-order valence-corrected chi connectivity index (χ4v) is 2.80. The Kier molecular flexibility index (Phi) is 4.55. The smallest absolute Gasteiger partial charge is 0.156 e. The first kappa shape index (κ1) is 14.4. The Morgan fingerprint density at radius 2 is 1.82 bits per heavy atom. The van der Waals surface area contributed by atoms with Crippen LogP contribution in [0, 0.1) is 0 Å². The van der Waals surface area contributed by atoms with Gasteiger partial charge in [-0.3, -0.25) is 0 Å². The van der Waals surface area contributed by atoms with Crippen LogP contribution in [0.3, 0.4) is 0 Å². The van der Waals surface area contributed by atoms with E-state index in [1.54, 1.807) is 20.8 Å². The van der Waals surface area contributed by atoms with Gasteiger partial charge in [0.15, 0.2) is 9.84 Å². The second kappa shape index (κ2) is 5.35. The van der Waals surface area contributed by atoms with Gasteiger partial charge in [0.05, 0.1) is 16.2 Å². The van der Waals surface area contributed by atoms with Crippen LogP contribution in [0.1, 0.15) is 33.6 Å². The van der Waals surface area contributed by atoms with E-state index < -0.39 is 14.6 Å². The van der Waals surface area contributed by atoms with E-state index in [9.17, 15) is 8.42 Å². The largest absolute Gasteiger partial charge is 0.411 e. The van der Waals surface area contributed by atoms with Crippen molar-refractivity contribution in [2.75, 3.05) is 25.4 Å². The minimum absolute atomic E-state index is 0.197. The summed E-state index contributed by atoms with van der Waals surface area (Å²) < 4.78 is 23.2. The SMILES string of the molecule is CC(C)(C)S(=O)(=O)CCN1CCC(=NO)CC1. The van der Waals surface area contributed by atoms with Crippen LogP contribution in [0.2, 0.25) is 0 Å². The number of rotatable bonds is 3. The maximum atomic E-state index is 11.9. The summed E-state index contributed by atoms with van der Waals surface area (Å²) in [6, 6.07) is 0. The molecule has 1 rings (SSSR count). The molecule has 0 aromatic rings. The van der Waals surface area contributed by atoms with Gasteiger partial charge >= 0.3 is 0 Å². The summed E-state index contributed by atoms with van der Waals surface area (Å²) >= 11 is 0. The molecule has 0 saturated carbocycles. The van der Waals surface area contributed by atoms with Gasteiger partial charge in [0, 0.05) is 32.5 Å². The first-order valence-electron chi connectivity index (χ1n) is 5.91. The van der Waals surface area contributed by atoms with Crippen molar-refractivity contribution in [1.82, 2.24) is 4.90 Å². The van der Waals surface area contributed by atoms with E-state index in [0.717, 1.165) is 31.6 Å². The Morgan fingerprint density at radius 1 is 1.29 bits per heavy atom. The minimum atomic E-state index is -3.04. The molecular weight excluding hydrogens is 240 g/mol. The number of nitrogens with zero attached hydrogens (tertiary/aromatic N) is 2. The van der Waals surface area contributed by atoms with Crippen molar-refractivity contribution >= 4 is 15.5 Å². The zero-order valence-corrected chi connectivity index (χ0v) is 11.6. The van der Waals surface area contributed by atoms with E-state index in [1.807, 2.05) is 0 Å². The van der Waals surface area contributed by atoms with Crippen molar-refractivity contribution in [3.63, 3.8) is 0 Å². The van der Waals surface area contributed by atoms with Crippen LogP contribution in [0.4, 0.5) is 0 Å². The molecule has 1 fully saturated rings. The third-order valence-corrected chi connectivity index (χ3v) is 5.77. The van der Waals surface area contributed by atoms with E-state index in [2.05, 4.69) is 10.1 Å². The van der Waals surface area contributed by atoms with Gasteiger partial charge in [0.2, 0.25) is 0 Å². The van der Waals surface area contributed by atoms with Gasteiger partial charge in [-0.25, -0.2) is 8.42 Å². The summed E-state index contributed by atoms with van der Waals surface area (Å²) in [5, 5.41) is 11.8. The monoisotopic (exact) mass is 262 g/mol. The van der Waals surface area contributed by atoms with Crippen LogP contribution in [-0.4, -0.2) is 54.4 Å². The molecule has 0 spiro atoms. The van der Waals surface area contributed by atoms with Gasteiger partial charge in [-0.1, -0.05) is 5.16 Å². The molecule has 0 atom stereocenters. The molecule has 0 unspecified atom stereocenters. The lowest BCUT2D eigenvalue weighted by Gasteiger charge is -2.28. The topological polar surface area (TPSA) is 70.0 Å². The fourth-order valence-electron chi connectivity index (χ4n) is 1.69. The van der Waals surface area contributed by atoms with E-state index in [-0.39, 0.29) is 5.75 Å². The summed E-state index contributed by atoms with van der Waals surface area (Å²) in [7, 11) is -3.04. The van der Waals surface area contributed by atoms with Gasteiger partial charge < -0.3 is 10.1 Å². The lowest BCUT2D eigenvalue weighted by atomic mass is 10.1. The summed E-state index contributed by atoms with van der Waals surface area (Å²) in [5.74, 6) is 0.197. The molecule has 1 aliphatic heterocycles. The van der Waals surface area contributed by atoms with E-state index in [1.165, 1.54) is 0 Å². The highest BCUT2D eigenvalue weighted by molar-refractivity contribution is 7.92. The number of oxime groups is 1. The molecule has 0 bridgehead atoms. The Bertz CT molecular complexity index is 372. The molecule has 1 aliphatic rings. The highest BCUT2D eigenvalue weighted by Crippen LogP contribution is 2.16. The molecule has 1 N–H and O–H groups in total. The molecule has 0 radical (unpaired) electrons. The predicted octanol–water partition coefficient (Wildman–Crippen LogP) is 1.13. The maximum absolute atomic E-state index is 11.9. The highest BCUT2D eigenvalue weighted by atomic mass is 32.2. The highest BCUT2D eigenvalue weighted by Gasteiger charge is 2.29. The van der Waals surface area contributed by atoms with Crippen LogP contribution in [0.15, 0.2) is 5.16 Å². The van der Waals surface area contributed by atoms with Crippen LogP contribution >= 0.6 is 0 Å². The van der Waals surface area contributed by atoms with Gasteiger partial charge in [-0.2, -0.15) is 0 Å². The molecule has 5 nitrogen and oxygen atoms in total. The van der Waals surface area contributed by atoms with Crippen molar-refractivity contribution in [3.8, 4) is 0 Å². The van der Waals surface area contributed by atoms with Crippen molar-refractivity contribution < 1.29 is 13.6 Å². The van der Waals surface area contributed by atoms with Crippen molar-refractivity contribution in [3.05, 3.63) is 0 Å². The normalized spacial score (nSPS) is 19.4. The predicted molar refractivity (Wildman–Crippen MR) is 68.4 cm³/mol. The van der Waals surface area contributed by atoms with Gasteiger partial charge in [-0.05, 0) is 20.8 Å². The number of piperidine rings is 1. The maximum Gasteiger partial charge on any atom is 0.156 e. The summed E-state index contributed by atoms with van der Waals surface area (Å²) in [5.41, 5.74) is 0.805. The van der Waals surface area contributed by atoms with Crippen molar-refractivity contribution in [2.45, 2.75) is 38.4 Å². The first-order chi connectivity index (χ1) is 7.76. The van der Waals surface area contributed by atoms with Crippen LogP contribution in [0.25, 0.3) is 0 Å². The zero-order chi connectivity index (χ0) is 13.1. The standard InChI is InChI=1S/C11H22N2O3S/c1-11(2,3)17(15,16)9-8-13-6-4-10(12-14)5-7-13/h14H,4-9H2,1-3H3. The van der Waals surface area contributed by atoms with Crippen molar-refractivity contribution in [2.24, 2.45) is 5.16 Å². The number of likely N-dealkylation sites (tertiary alicyclic amines) is 1. The average molecular weight is 262 g/mol. The van der Waals surface area contributed by atoms with E-state index in [4.69, 9.17) is 5.21 Å². The summed E-state index contributed by atoms with van der Waals surface area (Å²) in [4.78, 5) is 2.11. The summed E-state index contributed by atoms with van der Waals surface area (Å²) in [6.07, 6.45) is 1.46. The number of hydrogen-bond donors (Lipinski definition) is 1. The van der Waals surface area contributed by atoms with E-state index in [0.29, 0.717) is 6.54 Å². The average Bonchev–Trinajstić information content (AvgIpc) is 2.25. The second-order valence-electron chi connectivity index (χ2n) is 5.44. The zero-order valence-electron chi connectivity index (χ0n) is 10.8. The van der Waals surface area contributed by atoms with Gasteiger partial charge in [0.25, 0.3) is 0 Å². The second-order valence-corrected chi connectivity index (χ2v) is 8.30. The molecular formula is C11H22N2O3S. The van der Waals surface area contributed by atoms with Crippen LogP contribution in [0.5, 0.6) is 0 Å². The van der Waals surface area contributed by atoms with Crippen LogP contribution in [-0.2, 0) is 9.84 Å². The Labute approximate surface area is 103 Å².